The summed E-state index contributed by atoms with van der Waals surface area (Å²) in [5.41, 5.74) is 4.57. The van der Waals surface area contributed by atoms with Crippen molar-refractivity contribution in [1.29, 1.82) is 10.5 Å². The van der Waals surface area contributed by atoms with Crippen molar-refractivity contribution in [3.05, 3.63) is 34.4 Å². The van der Waals surface area contributed by atoms with Crippen LogP contribution in [0.4, 0.5) is 0 Å². The summed E-state index contributed by atoms with van der Waals surface area (Å²) in [5.74, 6) is 0.370. The SMILES string of the molecule is CC(C)c1cc(CC#N)c(C(C)(C)C)cc1CC#N. The summed E-state index contributed by atoms with van der Waals surface area (Å²) in [6.45, 7) is 10.7. The van der Waals surface area contributed by atoms with Crippen molar-refractivity contribution < 1.29 is 0 Å². The van der Waals surface area contributed by atoms with Crippen molar-refractivity contribution in [2.24, 2.45) is 0 Å². The fourth-order valence-corrected chi connectivity index (χ4v) is 2.41. The maximum Gasteiger partial charge on any atom is 0.0669 e. The van der Waals surface area contributed by atoms with Crippen LogP contribution in [-0.4, -0.2) is 0 Å². The van der Waals surface area contributed by atoms with E-state index in [0.717, 1.165) is 11.1 Å². The molecule has 1 aromatic carbocycles. The second-order valence-corrected chi connectivity index (χ2v) is 6.28. The predicted octanol–water partition coefficient (Wildman–Crippen LogP) is 4.24. The molecule has 0 heterocycles. The first-order valence-corrected chi connectivity index (χ1v) is 6.71. The molecule has 0 fully saturated rings. The molecule has 2 nitrogen and oxygen atoms in total. The zero-order valence-corrected chi connectivity index (χ0v) is 12.5. The first-order chi connectivity index (χ1) is 8.81. The average Bonchev–Trinajstić information content (AvgIpc) is 2.29. The van der Waals surface area contributed by atoms with Crippen molar-refractivity contribution in [3.63, 3.8) is 0 Å². The third-order valence-corrected chi connectivity index (χ3v) is 3.33. The van der Waals surface area contributed by atoms with Crippen molar-refractivity contribution >= 4 is 0 Å². The Morgan fingerprint density at radius 3 is 1.95 bits per heavy atom. The zero-order chi connectivity index (χ0) is 14.6. The average molecular weight is 254 g/mol. The van der Waals surface area contributed by atoms with Crippen LogP contribution in [-0.2, 0) is 18.3 Å². The highest BCUT2D eigenvalue weighted by Gasteiger charge is 2.21. The normalized spacial score (nSPS) is 11.2. The highest BCUT2D eigenvalue weighted by molar-refractivity contribution is 5.45. The minimum atomic E-state index is -0.00804. The van der Waals surface area contributed by atoms with Gasteiger partial charge in [-0.25, -0.2) is 0 Å². The van der Waals surface area contributed by atoms with Crippen molar-refractivity contribution in [3.8, 4) is 12.1 Å². The number of hydrogen-bond donors (Lipinski definition) is 0. The molecule has 100 valence electrons. The Morgan fingerprint density at radius 2 is 1.53 bits per heavy atom. The van der Waals surface area contributed by atoms with E-state index in [1.807, 2.05) is 0 Å². The zero-order valence-electron chi connectivity index (χ0n) is 12.5. The maximum absolute atomic E-state index is 9.01. The van der Waals surface area contributed by atoms with Crippen LogP contribution < -0.4 is 0 Å². The Morgan fingerprint density at radius 1 is 1.00 bits per heavy atom. The lowest BCUT2D eigenvalue weighted by molar-refractivity contribution is 0.583. The van der Waals surface area contributed by atoms with Crippen LogP contribution in [0.15, 0.2) is 12.1 Å². The van der Waals surface area contributed by atoms with Gasteiger partial charge in [0.05, 0.1) is 25.0 Å². The Hall–Kier alpha value is -1.80. The lowest BCUT2D eigenvalue weighted by Gasteiger charge is -2.25. The molecule has 0 aliphatic carbocycles. The van der Waals surface area contributed by atoms with Gasteiger partial charge < -0.3 is 0 Å². The monoisotopic (exact) mass is 254 g/mol. The van der Waals surface area contributed by atoms with Gasteiger partial charge in [0.1, 0.15) is 0 Å². The van der Waals surface area contributed by atoms with E-state index in [1.54, 1.807) is 0 Å². The molecule has 2 heteroatoms. The molecule has 0 radical (unpaired) electrons. The molecule has 0 N–H and O–H groups in total. The number of hydrogen-bond acceptors (Lipinski definition) is 2. The summed E-state index contributed by atoms with van der Waals surface area (Å²) < 4.78 is 0. The molecule has 1 aromatic rings. The molecular weight excluding hydrogens is 232 g/mol. The topological polar surface area (TPSA) is 47.6 Å². The highest BCUT2D eigenvalue weighted by atomic mass is 14.3. The Balaban J connectivity index is 3.52. The largest absolute Gasteiger partial charge is 0.198 e. The molecule has 0 aromatic heterocycles. The first kappa shape index (κ1) is 15.3. The molecular formula is C17H22N2. The van der Waals surface area contributed by atoms with Crippen molar-refractivity contribution in [2.45, 2.75) is 58.8 Å². The summed E-state index contributed by atoms with van der Waals surface area (Å²) in [5, 5.41) is 18.0. The summed E-state index contributed by atoms with van der Waals surface area (Å²) in [7, 11) is 0. The summed E-state index contributed by atoms with van der Waals surface area (Å²) in [6, 6.07) is 8.75. The first-order valence-electron chi connectivity index (χ1n) is 6.71. The van der Waals surface area contributed by atoms with Crippen molar-refractivity contribution in [1.82, 2.24) is 0 Å². The molecule has 0 saturated heterocycles. The summed E-state index contributed by atoms with van der Waals surface area (Å²) in [4.78, 5) is 0. The second-order valence-electron chi connectivity index (χ2n) is 6.28. The Kier molecular flexibility index (Phi) is 4.73. The molecule has 0 saturated carbocycles. The quantitative estimate of drug-likeness (QED) is 0.810. The van der Waals surface area contributed by atoms with E-state index < -0.39 is 0 Å². The van der Waals surface area contributed by atoms with E-state index in [2.05, 4.69) is 58.9 Å². The number of nitriles is 2. The third kappa shape index (κ3) is 3.58. The number of benzene rings is 1. The summed E-state index contributed by atoms with van der Waals surface area (Å²) >= 11 is 0. The van der Waals surface area contributed by atoms with Crippen LogP contribution in [0.5, 0.6) is 0 Å². The van der Waals surface area contributed by atoms with E-state index in [4.69, 9.17) is 10.5 Å². The van der Waals surface area contributed by atoms with Gasteiger partial charge in [-0.15, -0.1) is 0 Å². The van der Waals surface area contributed by atoms with Gasteiger partial charge >= 0.3 is 0 Å². The number of rotatable bonds is 3. The fraction of sp³-hybridized carbons (Fsp3) is 0.529. The van der Waals surface area contributed by atoms with Gasteiger partial charge in [0.15, 0.2) is 0 Å². The van der Waals surface area contributed by atoms with E-state index in [-0.39, 0.29) is 5.41 Å². The lowest BCUT2D eigenvalue weighted by Crippen LogP contribution is -2.16. The molecule has 0 aliphatic heterocycles. The lowest BCUT2D eigenvalue weighted by atomic mass is 9.79. The van der Waals surface area contributed by atoms with Crippen LogP contribution in [0, 0.1) is 22.7 Å². The second kappa shape index (κ2) is 5.89. The van der Waals surface area contributed by atoms with Gasteiger partial charge in [0.25, 0.3) is 0 Å². The Labute approximate surface area is 116 Å². The van der Waals surface area contributed by atoms with E-state index >= 15 is 0 Å². The van der Waals surface area contributed by atoms with Gasteiger partial charge in [0, 0.05) is 0 Å². The minimum Gasteiger partial charge on any atom is -0.198 e. The Bertz CT molecular complexity index is 534. The highest BCUT2D eigenvalue weighted by Crippen LogP contribution is 2.32. The minimum absolute atomic E-state index is 0.00804. The number of nitrogens with zero attached hydrogens (tertiary/aromatic N) is 2. The van der Waals surface area contributed by atoms with Gasteiger partial charge in [-0.05, 0) is 33.6 Å². The predicted molar refractivity (Wildman–Crippen MR) is 77.9 cm³/mol. The van der Waals surface area contributed by atoms with Crippen LogP contribution in [0.1, 0.15) is 62.8 Å². The van der Waals surface area contributed by atoms with Crippen LogP contribution in [0.3, 0.4) is 0 Å². The smallest absolute Gasteiger partial charge is 0.0669 e. The van der Waals surface area contributed by atoms with Crippen molar-refractivity contribution in [2.75, 3.05) is 0 Å². The standard InChI is InChI=1S/C17H22N2/c1-12(2)15-10-14(7-9-19)16(17(3,4)5)11-13(15)6-8-18/h10-12H,6-7H2,1-5H3. The molecule has 0 spiro atoms. The van der Waals surface area contributed by atoms with E-state index in [9.17, 15) is 0 Å². The fourth-order valence-electron chi connectivity index (χ4n) is 2.41. The molecule has 19 heavy (non-hydrogen) atoms. The summed E-state index contributed by atoms with van der Waals surface area (Å²) in [6.07, 6.45) is 0.864. The van der Waals surface area contributed by atoms with Gasteiger partial charge in [-0.1, -0.05) is 46.8 Å². The molecule has 0 bridgehead atoms. The van der Waals surface area contributed by atoms with Crippen LogP contribution >= 0.6 is 0 Å². The molecule has 0 atom stereocenters. The van der Waals surface area contributed by atoms with Gasteiger partial charge in [-0.2, -0.15) is 10.5 Å². The van der Waals surface area contributed by atoms with E-state index in [0.29, 0.717) is 18.8 Å². The molecule has 1 rings (SSSR count). The van der Waals surface area contributed by atoms with Gasteiger partial charge in [0.2, 0.25) is 0 Å². The molecule has 0 amide bonds. The molecule has 0 aliphatic rings. The van der Waals surface area contributed by atoms with E-state index in [1.165, 1.54) is 11.1 Å². The maximum atomic E-state index is 9.01. The van der Waals surface area contributed by atoms with Gasteiger partial charge in [-0.3, -0.25) is 0 Å². The molecule has 0 unspecified atom stereocenters. The third-order valence-electron chi connectivity index (χ3n) is 3.33. The van der Waals surface area contributed by atoms with Crippen LogP contribution in [0.25, 0.3) is 0 Å². The van der Waals surface area contributed by atoms with Crippen LogP contribution in [0.2, 0.25) is 0 Å².